The number of amides is 1. The average molecular weight is 368 g/mol. The fraction of sp³-hybridized carbons (Fsp3) is 0.400. The van der Waals surface area contributed by atoms with Gasteiger partial charge in [0.1, 0.15) is 5.54 Å². The van der Waals surface area contributed by atoms with Gasteiger partial charge in [-0.25, -0.2) is 4.79 Å². The summed E-state index contributed by atoms with van der Waals surface area (Å²) in [6.45, 7) is 4.77. The summed E-state index contributed by atoms with van der Waals surface area (Å²) in [4.78, 5) is 23.8. The highest BCUT2D eigenvalue weighted by molar-refractivity contribution is 9.10. The minimum absolute atomic E-state index is 0.0853. The van der Waals surface area contributed by atoms with Gasteiger partial charge in [0, 0.05) is 10.2 Å². The molecule has 0 aliphatic heterocycles. The molecule has 1 amide bonds. The lowest BCUT2D eigenvalue weighted by Crippen LogP contribution is -2.50. The Morgan fingerprint density at radius 3 is 2.68 bits per heavy atom. The number of halogens is 1. The van der Waals surface area contributed by atoms with Crippen LogP contribution in [0.5, 0.6) is 0 Å². The summed E-state index contributed by atoms with van der Waals surface area (Å²) in [5, 5.41) is 11.7. The number of ether oxygens (including phenoxy) is 1. The van der Waals surface area contributed by atoms with E-state index in [2.05, 4.69) is 21.2 Å². The zero-order valence-electron chi connectivity index (χ0n) is 12.6. The van der Waals surface area contributed by atoms with Crippen LogP contribution in [0.25, 0.3) is 0 Å². The van der Waals surface area contributed by atoms with Gasteiger partial charge in [-0.1, -0.05) is 29.8 Å². The van der Waals surface area contributed by atoms with Crippen LogP contribution in [0.15, 0.2) is 22.7 Å². The quantitative estimate of drug-likeness (QED) is 0.613. The Labute approximate surface area is 137 Å². The summed E-state index contributed by atoms with van der Waals surface area (Å²) in [5.74, 6) is -1.32. The predicted octanol–water partition coefficient (Wildman–Crippen LogP) is 2.24. The van der Waals surface area contributed by atoms with Crippen molar-refractivity contribution in [3.63, 3.8) is 0 Å². The third-order valence-corrected chi connectivity index (χ3v) is 3.85. The maximum atomic E-state index is 11.9. The fourth-order valence-electron chi connectivity index (χ4n) is 1.54. The first kappa shape index (κ1) is 18.0. The molecule has 6 nitrogen and oxygen atoms in total. The molecule has 3 N–H and O–H groups in total. The van der Waals surface area contributed by atoms with E-state index < -0.39 is 24.0 Å². The van der Waals surface area contributed by atoms with E-state index in [0.29, 0.717) is 4.47 Å². The van der Waals surface area contributed by atoms with Gasteiger partial charge in [-0.2, -0.15) is 5.26 Å². The smallest absolute Gasteiger partial charge is 0.340 e. The standard InChI is InChI=1S/C15H18BrN3O3/c1-9(2)15(3,8-17)19-13(20)7-22-14(21)11-6-10(16)4-5-12(11)18/h4-6,9H,7,18H2,1-3H3,(H,19,20)/t15-/m0/s1. The van der Waals surface area contributed by atoms with Crippen LogP contribution in [0.3, 0.4) is 0 Å². The number of benzene rings is 1. The van der Waals surface area contributed by atoms with E-state index in [4.69, 9.17) is 15.7 Å². The van der Waals surface area contributed by atoms with Crippen LogP contribution in [0, 0.1) is 17.2 Å². The number of rotatable bonds is 5. The van der Waals surface area contributed by atoms with E-state index in [1.54, 1.807) is 19.1 Å². The van der Waals surface area contributed by atoms with Crippen molar-refractivity contribution in [1.29, 1.82) is 5.26 Å². The Morgan fingerprint density at radius 2 is 2.14 bits per heavy atom. The minimum Gasteiger partial charge on any atom is -0.452 e. The number of hydrogen-bond acceptors (Lipinski definition) is 5. The molecular formula is C15H18BrN3O3. The normalized spacial score (nSPS) is 13.1. The largest absolute Gasteiger partial charge is 0.452 e. The van der Waals surface area contributed by atoms with Gasteiger partial charge in [-0.15, -0.1) is 0 Å². The lowest BCUT2D eigenvalue weighted by atomic mass is 9.90. The average Bonchev–Trinajstić information content (AvgIpc) is 2.46. The number of hydrogen-bond donors (Lipinski definition) is 2. The molecule has 0 spiro atoms. The van der Waals surface area contributed by atoms with Gasteiger partial charge in [0.25, 0.3) is 5.91 Å². The minimum atomic E-state index is -1.02. The van der Waals surface area contributed by atoms with Gasteiger partial charge in [0.15, 0.2) is 6.61 Å². The second-order valence-electron chi connectivity index (χ2n) is 5.32. The Bertz CT molecular complexity index is 625. The molecule has 0 bridgehead atoms. The molecule has 0 heterocycles. The van der Waals surface area contributed by atoms with Gasteiger partial charge in [-0.3, -0.25) is 4.79 Å². The van der Waals surface area contributed by atoms with Crippen molar-refractivity contribution in [2.45, 2.75) is 26.3 Å². The number of nitrogens with one attached hydrogen (secondary N) is 1. The molecule has 1 rings (SSSR count). The molecule has 0 unspecified atom stereocenters. The Hall–Kier alpha value is -2.07. The second kappa shape index (κ2) is 7.27. The first-order valence-corrected chi connectivity index (χ1v) is 7.43. The zero-order valence-corrected chi connectivity index (χ0v) is 14.2. The summed E-state index contributed by atoms with van der Waals surface area (Å²) < 4.78 is 5.61. The first-order chi connectivity index (χ1) is 10.2. The van der Waals surface area contributed by atoms with Crippen molar-refractivity contribution < 1.29 is 14.3 Å². The van der Waals surface area contributed by atoms with E-state index in [-0.39, 0.29) is 17.2 Å². The molecule has 22 heavy (non-hydrogen) atoms. The number of nitrogens with two attached hydrogens (primary N) is 1. The monoisotopic (exact) mass is 367 g/mol. The first-order valence-electron chi connectivity index (χ1n) is 6.64. The maximum Gasteiger partial charge on any atom is 0.340 e. The third kappa shape index (κ3) is 4.46. The van der Waals surface area contributed by atoms with E-state index >= 15 is 0 Å². The Balaban J connectivity index is 2.67. The van der Waals surface area contributed by atoms with Crippen molar-refractivity contribution >= 4 is 33.5 Å². The summed E-state index contributed by atoms with van der Waals surface area (Å²) in [6.07, 6.45) is 0. The van der Waals surface area contributed by atoms with Crippen molar-refractivity contribution in [3.8, 4) is 6.07 Å². The SMILES string of the molecule is CC(C)[C@](C)(C#N)NC(=O)COC(=O)c1cc(Br)ccc1N. The molecule has 1 atom stereocenters. The maximum absolute atomic E-state index is 11.9. The molecular weight excluding hydrogens is 350 g/mol. The van der Waals surface area contributed by atoms with E-state index in [9.17, 15) is 9.59 Å². The van der Waals surface area contributed by atoms with Crippen molar-refractivity contribution in [2.24, 2.45) is 5.92 Å². The number of esters is 1. The number of nitrogen functional groups attached to an aromatic ring is 1. The molecule has 0 saturated heterocycles. The predicted molar refractivity (Wildman–Crippen MR) is 85.8 cm³/mol. The molecule has 7 heteroatoms. The van der Waals surface area contributed by atoms with E-state index in [1.807, 2.05) is 19.9 Å². The molecule has 118 valence electrons. The van der Waals surface area contributed by atoms with Gasteiger partial charge in [0.2, 0.25) is 0 Å². The summed E-state index contributed by atoms with van der Waals surface area (Å²) in [5.41, 5.74) is 5.12. The van der Waals surface area contributed by atoms with Gasteiger partial charge in [-0.05, 0) is 31.0 Å². The van der Waals surface area contributed by atoms with Gasteiger partial charge < -0.3 is 15.8 Å². The van der Waals surface area contributed by atoms with Crippen molar-refractivity contribution in [3.05, 3.63) is 28.2 Å². The Kier molecular flexibility index (Phi) is 5.94. The van der Waals surface area contributed by atoms with E-state index in [1.165, 1.54) is 6.07 Å². The van der Waals surface area contributed by atoms with Crippen LogP contribution in [-0.4, -0.2) is 24.0 Å². The molecule has 0 saturated carbocycles. The molecule has 1 aromatic carbocycles. The highest BCUT2D eigenvalue weighted by Crippen LogP contribution is 2.19. The van der Waals surface area contributed by atoms with Crippen LogP contribution in [-0.2, 0) is 9.53 Å². The van der Waals surface area contributed by atoms with Gasteiger partial charge >= 0.3 is 5.97 Å². The Morgan fingerprint density at radius 1 is 1.50 bits per heavy atom. The summed E-state index contributed by atoms with van der Waals surface area (Å²) in [7, 11) is 0. The van der Waals surface area contributed by atoms with Crippen molar-refractivity contribution in [1.82, 2.24) is 5.32 Å². The molecule has 0 aromatic heterocycles. The van der Waals surface area contributed by atoms with E-state index in [0.717, 1.165) is 0 Å². The molecule has 0 fully saturated rings. The number of anilines is 1. The van der Waals surface area contributed by atoms with Gasteiger partial charge in [0.05, 0.1) is 11.6 Å². The molecule has 1 aromatic rings. The van der Waals surface area contributed by atoms with Crippen LogP contribution >= 0.6 is 15.9 Å². The lowest BCUT2D eigenvalue weighted by Gasteiger charge is -2.27. The molecule has 0 aliphatic carbocycles. The molecule has 0 aliphatic rings. The highest BCUT2D eigenvalue weighted by atomic mass is 79.9. The number of nitrogens with zero attached hydrogens (tertiary/aromatic N) is 1. The second-order valence-corrected chi connectivity index (χ2v) is 6.24. The number of nitriles is 1. The lowest BCUT2D eigenvalue weighted by molar-refractivity contribution is -0.125. The third-order valence-electron chi connectivity index (χ3n) is 3.36. The topological polar surface area (TPSA) is 105 Å². The summed E-state index contributed by atoms with van der Waals surface area (Å²) >= 11 is 3.23. The summed E-state index contributed by atoms with van der Waals surface area (Å²) in [6, 6.07) is 6.82. The number of carbonyl (C=O) groups is 2. The van der Waals surface area contributed by atoms with Crippen LogP contribution in [0.1, 0.15) is 31.1 Å². The highest BCUT2D eigenvalue weighted by Gasteiger charge is 2.30. The number of carbonyl (C=O) groups excluding carboxylic acids is 2. The van der Waals surface area contributed by atoms with Crippen LogP contribution in [0.2, 0.25) is 0 Å². The zero-order chi connectivity index (χ0) is 16.9. The van der Waals surface area contributed by atoms with Crippen LogP contribution in [0.4, 0.5) is 5.69 Å². The van der Waals surface area contributed by atoms with Crippen LogP contribution < -0.4 is 11.1 Å². The van der Waals surface area contributed by atoms with Crippen molar-refractivity contribution in [2.75, 3.05) is 12.3 Å². The fourth-order valence-corrected chi connectivity index (χ4v) is 1.90. The molecule has 0 radical (unpaired) electrons.